The fourth-order valence-corrected chi connectivity index (χ4v) is 4.93. The second-order valence-electron chi connectivity index (χ2n) is 9.68. The maximum absolute atomic E-state index is 12.9. The van der Waals surface area contributed by atoms with Crippen LogP contribution in [0.15, 0.2) is 42.5 Å². The van der Waals surface area contributed by atoms with Gasteiger partial charge in [0.1, 0.15) is 5.75 Å². The molecule has 2 bridgehead atoms. The minimum Gasteiger partial charge on any atom is -0.493 e. The molecule has 0 aromatic heterocycles. The van der Waals surface area contributed by atoms with Gasteiger partial charge in [-0.15, -0.1) is 0 Å². The average Bonchev–Trinajstić information content (AvgIpc) is 2.83. The summed E-state index contributed by atoms with van der Waals surface area (Å²) in [5.74, 6) is 1.39. The molecule has 1 unspecified atom stereocenters. The first-order valence-corrected chi connectivity index (χ1v) is 12.7. The first-order valence-electron chi connectivity index (χ1n) is 12.7. The Morgan fingerprint density at radius 2 is 2.06 bits per heavy atom. The monoisotopic (exact) mass is 463 g/mol. The molecule has 0 saturated carbocycles. The van der Waals surface area contributed by atoms with Crippen molar-refractivity contribution < 1.29 is 14.3 Å². The Bertz CT molecular complexity index is 991. The molecule has 0 spiro atoms. The van der Waals surface area contributed by atoms with Gasteiger partial charge in [0.2, 0.25) is 0 Å². The molecule has 182 valence electrons. The van der Waals surface area contributed by atoms with E-state index in [0.717, 1.165) is 49.1 Å². The zero-order chi connectivity index (χ0) is 23.8. The number of ether oxygens (including phenoxy) is 1. The fraction of sp³-hybridized carbons (Fsp3) is 0.500. The van der Waals surface area contributed by atoms with Gasteiger partial charge >= 0.3 is 0 Å². The van der Waals surface area contributed by atoms with Crippen molar-refractivity contribution in [3.63, 3.8) is 0 Å². The van der Waals surface area contributed by atoms with Crippen LogP contribution in [0, 0.1) is 5.92 Å². The number of amides is 2. The standard InChI is InChI=1S/C28H37N3O3/c1-31-15-6-8-21(20-31)12-14-30-28(33)24-10-11-26-25(19-24)18-22-7-5-9-23(17-22)27(32)29-13-3-2-4-16-34-26/h5,7,9-11,17,19,21H,2-4,6,8,12-16,18,20H2,1H3,(H,29,32)(H,30,33). The van der Waals surface area contributed by atoms with Crippen LogP contribution >= 0.6 is 0 Å². The third-order valence-electron chi connectivity index (χ3n) is 6.83. The van der Waals surface area contributed by atoms with Crippen LogP contribution in [0.5, 0.6) is 5.75 Å². The Hall–Kier alpha value is -2.86. The van der Waals surface area contributed by atoms with Crippen molar-refractivity contribution in [2.45, 2.75) is 44.9 Å². The molecule has 6 heteroatoms. The Balaban J connectivity index is 1.46. The molecule has 2 aromatic carbocycles. The highest BCUT2D eigenvalue weighted by Gasteiger charge is 2.18. The van der Waals surface area contributed by atoms with Gasteiger partial charge in [-0.05, 0) is 99.5 Å². The van der Waals surface area contributed by atoms with Crippen LogP contribution < -0.4 is 15.4 Å². The first-order chi connectivity index (χ1) is 16.6. The molecular weight excluding hydrogens is 426 g/mol. The van der Waals surface area contributed by atoms with Gasteiger partial charge in [0.15, 0.2) is 0 Å². The second-order valence-corrected chi connectivity index (χ2v) is 9.68. The van der Waals surface area contributed by atoms with Gasteiger partial charge in [-0.2, -0.15) is 0 Å². The maximum Gasteiger partial charge on any atom is 0.251 e. The van der Waals surface area contributed by atoms with Crippen molar-refractivity contribution in [1.82, 2.24) is 15.5 Å². The van der Waals surface area contributed by atoms with E-state index < -0.39 is 0 Å². The highest BCUT2D eigenvalue weighted by atomic mass is 16.5. The van der Waals surface area contributed by atoms with Gasteiger partial charge < -0.3 is 20.3 Å². The third-order valence-corrected chi connectivity index (χ3v) is 6.83. The molecule has 0 aliphatic carbocycles. The van der Waals surface area contributed by atoms with E-state index in [2.05, 4.69) is 22.6 Å². The molecule has 2 aromatic rings. The van der Waals surface area contributed by atoms with E-state index in [9.17, 15) is 9.59 Å². The van der Waals surface area contributed by atoms with Crippen LogP contribution in [-0.2, 0) is 6.42 Å². The van der Waals surface area contributed by atoms with Crippen molar-refractivity contribution in [3.05, 3.63) is 64.7 Å². The van der Waals surface area contributed by atoms with Crippen molar-refractivity contribution in [2.75, 3.05) is 39.8 Å². The van der Waals surface area contributed by atoms with E-state index in [1.165, 1.54) is 19.4 Å². The lowest BCUT2D eigenvalue weighted by Crippen LogP contribution is -2.34. The number of carbonyl (C=O) groups is 2. The van der Waals surface area contributed by atoms with Gasteiger partial charge in [-0.3, -0.25) is 9.59 Å². The minimum absolute atomic E-state index is 0.0346. The highest BCUT2D eigenvalue weighted by molar-refractivity contribution is 5.95. The lowest BCUT2D eigenvalue weighted by molar-refractivity contribution is 0.0942. The number of benzene rings is 2. The van der Waals surface area contributed by atoms with Crippen molar-refractivity contribution >= 4 is 11.8 Å². The van der Waals surface area contributed by atoms with Gasteiger partial charge in [0.25, 0.3) is 11.8 Å². The number of likely N-dealkylation sites (tertiary alicyclic amines) is 1. The molecule has 1 fully saturated rings. The predicted octanol–water partition coefficient (Wildman–Crippen LogP) is 4.03. The summed E-state index contributed by atoms with van der Waals surface area (Å²) in [6.07, 6.45) is 6.95. The molecule has 2 aliphatic heterocycles. The molecule has 34 heavy (non-hydrogen) atoms. The highest BCUT2D eigenvalue weighted by Crippen LogP contribution is 2.25. The fourth-order valence-electron chi connectivity index (χ4n) is 4.93. The third kappa shape index (κ3) is 6.83. The molecule has 2 N–H and O–H groups in total. The van der Waals surface area contributed by atoms with Crippen LogP contribution in [0.3, 0.4) is 0 Å². The number of nitrogens with zero attached hydrogens (tertiary/aromatic N) is 1. The largest absolute Gasteiger partial charge is 0.493 e. The van der Waals surface area contributed by atoms with Gasteiger partial charge in [0.05, 0.1) is 6.61 Å². The summed E-state index contributed by atoms with van der Waals surface area (Å²) in [7, 11) is 2.17. The molecule has 1 saturated heterocycles. The van der Waals surface area contributed by atoms with E-state index in [1.54, 1.807) is 0 Å². The van der Waals surface area contributed by atoms with Crippen LogP contribution in [-0.4, -0.2) is 56.5 Å². The van der Waals surface area contributed by atoms with Crippen LogP contribution in [0.1, 0.15) is 70.4 Å². The van der Waals surface area contributed by atoms with E-state index in [1.807, 2.05) is 42.5 Å². The number of carbonyl (C=O) groups excluding carboxylic acids is 2. The van der Waals surface area contributed by atoms with E-state index in [-0.39, 0.29) is 11.8 Å². The minimum atomic E-state index is -0.0421. The van der Waals surface area contributed by atoms with Crippen molar-refractivity contribution in [3.8, 4) is 5.75 Å². The molecule has 2 aliphatic rings. The van der Waals surface area contributed by atoms with E-state index in [0.29, 0.717) is 43.2 Å². The molecule has 2 heterocycles. The maximum atomic E-state index is 12.9. The summed E-state index contributed by atoms with van der Waals surface area (Å²) < 4.78 is 6.11. The number of hydrogen-bond donors (Lipinski definition) is 2. The second kappa shape index (κ2) is 12.0. The number of nitrogens with one attached hydrogen (secondary N) is 2. The Morgan fingerprint density at radius 3 is 2.94 bits per heavy atom. The summed E-state index contributed by atoms with van der Waals surface area (Å²) in [6, 6.07) is 13.4. The molecule has 0 radical (unpaired) electrons. The number of piperidine rings is 1. The number of fused-ring (bicyclic) bond motifs is 3. The quantitative estimate of drug-likeness (QED) is 0.718. The zero-order valence-electron chi connectivity index (χ0n) is 20.3. The molecule has 2 amide bonds. The van der Waals surface area contributed by atoms with Gasteiger partial charge in [-0.25, -0.2) is 0 Å². The van der Waals surface area contributed by atoms with E-state index >= 15 is 0 Å². The summed E-state index contributed by atoms with van der Waals surface area (Å²) in [4.78, 5) is 27.8. The predicted molar refractivity (Wildman–Crippen MR) is 135 cm³/mol. The Kier molecular flexibility index (Phi) is 8.58. The van der Waals surface area contributed by atoms with Crippen molar-refractivity contribution in [1.29, 1.82) is 0 Å². The van der Waals surface area contributed by atoms with E-state index in [4.69, 9.17) is 4.74 Å². The van der Waals surface area contributed by atoms with Gasteiger partial charge in [0, 0.05) is 37.2 Å². The smallest absolute Gasteiger partial charge is 0.251 e. The van der Waals surface area contributed by atoms with Crippen molar-refractivity contribution in [2.24, 2.45) is 5.92 Å². The molecular formula is C28H37N3O3. The Morgan fingerprint density at radius 1 is 1.15 bits per heavy atom. The van der Waals surface area contributed by atoms with Crippen LogP contribution in [0.4, 0.5) is 0 Å². The summed E-state index contributed by atoms with van der Waals surface area (Å²) in [5.41, 5.74) is 3.31. The lowest BCUT2D eigenvalue weighted by atomic mass is 9.95. The SMILES string of the molecule is CN1CCCC(CCNC(=O)c2ccc3c(c2)Cc2cccc(c2)C(=O)NCCCCCO3)C1. The zero-order valence-corrected chi connectivity index (χ0v) is 20.3. The normalized spacial score (nSPS) is 19.8. The number of rotatable bonds is 4. The molecule has 6 nitrogen and oxygen atoms in total. The van der Waals surface area contributed by atoms with Crippen LogP contribution in [0.2, 0.25) is 0 Å². The average molecular weight is 464 g/mol. The van der Waals surface area contributed by atoms with Crippen LogP contribution in [0.25, 0.3) is 0 Å². The Labute approximate surface area is 203 Å². The summed E-state index contributed by atoms with van der Waals surface area (Å²) >= 11 is 0. The van der Waals surface area contributed by atoms with Gasteiger partial charge in [-0.1, -0.05) is 12.1 Å². The molecule has 4 rings (SSSR count). The topological polar surface area (TPSA) is 70.7 Å². The summed E-state index contributed by atoms with van der Waals surface area (Å²) in [5, 5.41) is 6.11. The molecule has 1 atom stereocenters. The first kappa shape index (κ1) is 24.3. The summed E-state index contributed by atoms with van der Waals surface area (Å²) in [6.45, 7) is 4.29. The number of hydrogen-bond acceptors (Lipinski definition) is 4. The lowest BCUT2D eigenvalue weighted by Gasteiger charge is -2.29.